The standard InChI is InChI=1S/C23H29FN2O3S/c1-15(2)18-5-7-19(8-6-18)25-23(27)21-12-20(9-10-22(21)24)30(28,29)26-13-16(3)11-17(4)14-26/h5-10,12,15-17H,11,13-14H2,1-4H3,(H,25,27)/t16-,17-/m1/s1. The van der Waals surface area contributed by atoms with Gasteiger partial charge in [-0.05, 0) is 60.1 Å². The van der Waals surface area contributed by atoms with E-state index in [1.54, 1.807) is 12.1 Å². The van der Waals surface area contributed by atoms with Crippen LogP contribution >= 0.6 is 0 Å². The maximum absolute atomic E-state index is 14.4. The maximum Gasteiger partial charge on any atom is 0.258 e. The van der Waals surface area contributed by atoms with Crippen molar-refractivity contribution in [2.24, 2.45) is 11.8 Å². The predicted octanol–water partition coefficient (Wildman–Crippen LogP) is 4.87. The summed E-state index contributed by atoms with van der Waals surface area (Å²) < 4.78 is 42.0. The van der Waals surface area contributed by atoms with Crippen LogP contribution in [0.3, 0.4) is 0 Å². The maximum atomic E-state index is 14.4. The van der Waals surface area contributed by atoms with Crippen molar-refractivity contribution in [3.05, 3.63) is 59.4 Å². The Balaban J connectivity index is 1.84. The molecule has 2 atom stereocenters. The smallest absolute Gasteiger partial charge is 0.258 e. The average Bonchev–Trinajstić information content (AvgIpc) is 2.67. The number of benzene rings is 2. The van der Waals surface area contributed by atoms with E-state index in [9.17, 15) is 17.6 Å². The van der Waals surface area contributed by atoms with Crippen molar-refractivity contribution >= 4 is 21.6 Å². The number of nitrogens with one attached hydrogen (secondary N) is 1. The number of halogens is 1. The molecule has 0 bridgehead atoms. The van der Waals surface area contributed by atoms with Crippen LogP contribution in [0.4, 0.5) is 10.1 Å². The van der Waals surface area contributed by atoms with Gasteiger partial charge in [-0.1, -0.05) is 39.8 Å². The summed E-state index contributed by atoms with van der Waals surface area (Å²) in [5.41, 5.74) is 1.36. The molecule has 3 rings (SSSR count). The molecule has 2 aromatic rings. The summed E-state index contributed by atoms with van der Waals surface area (Å²) >= 11 is 0. The van der Waals surface area contributed by atoms with Gasteiger partial charge in [0.15, 0.2) is 0 Å². The SMILES string of the molecule is CC(C)c1ccc(NC(=O)c2cc(S(=O)(=O)N3C[C@H](C)C[C@@H](C)C3)ccc2F)cc1. The number of carbonyl (C=O) groups is 1. The second kappa shape index (κ2) is 8.86. The third kappa shape index (κ3) is 4.90. The number of hydrogen-bond donors (Lipinski definition) is 1. The number of rotatable bonds is 5. The first-order chi connectivity index (χ1) is 14.1. The lowest BCUT2D eigenvalue weighted by Crippen LogP contribution is -2.42. The number of piperidine rings is 1. The van der Waals surface area contributed by atoms with Crippen molar-refractivity contribution in [3.8, 4) is 0 Å². The highest BCUT2D eigenvalue weighted by atomic mass is 32.2. The molecular formula is C23H29FN2O3S. The molecule has 162 valence electrons. The summed E-state index contributed by atoms with van der Waals surface area (Å²) in [6.07, 6.45) is 0.971. The quantitative estimate of drug-likeness (QED) is 0.733. The zero-order valence-electron chi connectivity index (χ0n) is 17.9. The molecule has 1 aliphatic rings. The van der Waals surface area contributed by atoms with Crippen molar-refractivity contribution in [2.75, 3.05) is 18.4 Å². The highest BCUT2D eigenvalue weighted by Gasteiger charge is 2.32. The molecule has 0 radical (unpaired) electrons. The van der Waals surface area contributed by atoms with E-state index in [1.165, 1.54) is 10.4 Å². The van der Waals surface area contributed by atoms with Crippen LogP contribution < -0.4 is 5.32 Å². The monoisotopic (exact) mass is 432 g/mol. The normalized spacial score (nSPS) is 20.3. The van der Waals surface area contributed by atoms with Crippen molar-refractivity contribution in [2.45, 2.75) is 44.9 Å². The number of carbonyl (C=O) groups excluding carboxylic acids is 1. The fraction of sp³-hybridized carbons (Fsp3) is 0.435. The Kier molecular flexibility index (Phi) is 6.62. The second-order valence-electron chi connectivity index (χ2n) is 8.64. The molecule has 30 heavy (non-hydrogen) atoms. The Labute approximate surface area is 178 Å². The molecule has 1 aliphatic heterocycles. The van der Waals surface area contributed by atoms with E-state index in [0.717, 1.165) is 24.1 Å². The second-order valence-corrected chi connectivity index (χ2v) is 10.6. The summed E-state index contributed by atoms with van der Waals surface area (Å²) in [6, 6.07) is 10.7. The van der Waals surface area contributed by atoms with Gasteiger partial charge in [-0.25, -0.2) is 12.8 Å². The highest BCUT2D eigenvalue weighted by Crippen LogP contribution is 2.28. The summed E-state index contributed by atoms with van der Waals surface area (Å²) in [5.74, 6) is -0.580. The first-order valence-electron chi connectivity index (χ1n) is 10.3. The van der Waals surface area contributed by atoms with E-state index >= 15 is 0 Å². The van der Waals surface area contributed by atoms with Gasteiger partial charge in [0.05, 0.1) is 10.5 Å². The van der Waals surface area contributed by atoms with Gasteiger partial charge in [-0.2, -0.15) is 4.31 Å². The van der Waals surface area contributed by atoms with Crippen molar-refractivity contribution in [1.82, 2.24) is 4.31 Å². The van der Waals surface area contributed by atoms with Gasteiger partial charge in [0.1, 0.15) is 5.82 Å². The Morgan fingerprint density at radius 2 is 1.67 bits per heavy atom. The van der Waals surface area contributed by atoms with Gasteiger partial charge >= 0.3 is 0 Å². The molecule has 1 fully saturated rings. The molecule has 0 aliphatic carbocycles. The van der Waals surface area contributed by atoms with Crippen LogP contribution in [0.2, 0.25) is 0 Å². The summed E-state index contributed by atoms with van der Waals surface area (Å²) in [7, 11) is -3.80. The van der Waals surface area contributed by atoms with E-state index in [-0.39, 0.29) is 22.3 Å². The number of sulfonamides is 1. The van der Waals surface area contributed by atoms with Gasteiger partial charge in [0, 0.05) is 18.8 Å². The molecule has 2 aromatic carbocycles. The Hall–Kier alpha value is -2.25. The number of hydrogen-bond acceptors (Lipinski definition) is 3. The molecule has 1 N–H and O–H groups in total. The van der Waals surface area contributed by atoms with Gasteiger partial charge < -0.3 is 5.32 Å². The van der Waals surface area contributed by atoms with Crippen LogP contribution in [0.5, 0.6) is 0 Å². The predicted molar refractivity (Wildman–Crippen MR) is 117 cm³/mol. The van der Waals surface area contributed by atoms with Crippen LogP contribution in [-0.4, -0.2) is 31.7 Å². The lowest BCUT2D eigenvalue weighted by atomic mass is 9.94. The number of anilines is 1. The van der Waals surface area contributed by atoms with Crippen LogP contribution in [0.15, 0.2) is 47.4 Å². The fourth-order valence-electron chi connectivity index (χ4n) is 3.94. The van der Waals surface area contributed by atoms with Gasteiger partial charge in [-0.3, -0.25) is 4.79 Å². The summed E-state index contributed by atoms with van der Waals surface area (Å²) in [6.45, 7) is 9.03. The summed E-state index contributed by atoms with van der Waals surface area (Å²) in [4.78, 5) is 12.6. The molecule has 1 amide bonds. The third-order valence-corrected chi connectivity index (χ3v) is 7.32. The minimum absolute atomic E-state index is 0.0643. The number of amides is 1. The third-order valence-electron chi connectivity index (χ3n) is 5.49. The van der Waals surface area contributed by atoms with Gasteiger partial charge in [-0.15, -0.1) is 0 Å². The first kappa shape index (κ1) is 22.4. The zero-order chi connectivity index (χ0) is 22.1. The molecule has 0 spiro atoms. The summed E-state index contributed by atoms with van der Waals surface area (Å²) in [5, 5.41) is 2.65. The minimum atomic E-state index is -3.80. The molecule has 0 saturated carbocycles. The van der Waals surface area contributed by atoms with E-state index in [1.807, 2.05) is 26.0 Å². The topological polar surface area (TPSA) is 66.5 Å². The fourth-order valence-corrected chi connectivity index (χ4v) is 5.65. The van der Waals surface area contributed by atoms with E-state index < -0.39 is 21.7 Å². The molecule has 0 aromatic heterocycles. The molecule has 1 heterocycles. The Morgan fingerprint density at radius 3 is 2.23 bits per heavy atom. The Bertz CT molecular complexity index is 1010. The van der Waals surface area contributed by atoms with E-state index in [4.69, 9.17) is 0 Å². The molecule has 7 heteroatoms. The molecule has 1 saturated heterocycles. The largest absolute Gasteiger partial charge is 0.322 e. The van der Waals surface area contributed by atoms with Crippen LogP contribution in [0.1, 0.15) is 56.0 Å². The first-order valence-corrected chi connectivity index (χ1v) is 11.7. The van der Waals surface area contributed by atoms with Crippen molar-refractivity contribution < 1.29 is 17.6 Å². The van der Waals surface area contributed by atoms with E-state index in [2.05, 4.69) is 19.2 Å². The van der Waals surface area contributed by atoms with Gasteiger partial charge in [0.2, 0.25) is 10.0 Å². The van der Waals surface area contributed by atoms with Crippen molar-refractivity contribution in [1.29, 1.82) is 0 Å². The number of nitrogens with zero attached hydrogens (tertiary/aromatic N) is 1. The highest BCUT2D eigenvalue weighted by molar-refractivity contribution is 7.89. The molecule has 0 unspecified atom stereocenters. The molecule has 5 nitrogen and oxygen atoms in total. The minimum Gasteiger partial charge on any atom is -0.322 e. The van der Waals surface area contributed by atoms with Crippen LogP contribution in [0.25, 0.3) is 0 Å². The average molecular weight is 433 g/mol. The van der Waals surface area contributed by atoms with E-state index in [0.29, 0.717) is 24.7 Å². The lowest BCUT2D eigenvalue weighted by Gasteiger charge is -2.34. The lowest BCUT2D eigenvalue weighted by molar-refractivity contribution is 0.102. The zero-order valence-corrected chi connectivity index (χ0v) is 18.7. The van der Waals surface area contributed by atoms with Crippen molar-refractivity contribution in [3.63, 3.8) is 0 Å². The van der Waals surface area contributed by atoms with Gasteiger partial charge in [0.25, 0.3) is 5.91 Å². The van der Waals surface area contributed by atoms with Crippen LogP contribution in [-0.2, 0) is 10.0 Å². The Morgan fingerprint density at radius 1 is 1.07 bits per heavy atom. The van der Waals surface area contributed by atoms with Crippen LogP contribution in [0, 0.1) is 17.7 Å². The molecular weight excluding hydrogens is 403 g/mol.